The van der Waals surface area contributed by atoms with Crippen LogP contribution in [0, 0.1) is 11.8 Å². The van der Waals surface area contributed by atoms with Gasteiger partial charge in [0.2, 0.25) is 0 Å². The molecule has 1 aliphatic carbocycles. The first-order valence-electron chi connectivity index (χ1n) is 8.28. The summed E-state index contributed by atoms with van der Waals surface area (Å²) in [6, 6.07) is 6.60. The van der Waals surface area contributed by atoms with Crippen molar-refractivity contribution >= 4 is 5.69 Å². The van der Waals surface area contributed by atoms with Gasteiger partial charge in [-0.05, 0) is 49.8 Å². The van der Waals surface area contributed by atoms with E-state index in [1.165, 1.54) is 25.7 Å². The van der Waals surface area contributed by atoms with Crippen molar-refractivity contribution in [1.29, 1.82) is 0 Å². The molecule has 1 saturated carbocycles. The number of anilines is 1. The van der Waals surface area contributed by atoms with E-state index in [1.807, 2.05) is 19.1 Å². The van der Waals surface area contributed by atoms with Gasteiger partial charge in [0.25, 0.3) is 0 Å². The maximum Gasteiger partial charge on any atom is 0.124 e. The SMILES string of the molecule is CCOc1ccc(NC2CCCCC2C(C)C)cc1CO. The average Bonchev–Trinajstić information content (AvgIpc) is 2.49. The van der Waals surface area contributed by atoms with Gasteiger partial charge in [-0.2, -0.15) is 0 Å². The number of nitrogens with one attached hydrogen (secondary N) is 1. The minimum absolute atomic E-state index is 0.0170. The highest BCUT2D eigenvalue weighted by Gasteiger charge is 2.27. The predicted octanol–water partition coefficient (Wildman–Crippen LogP) is 4.20. The third-order valence-corrected chi connectivity index (χ3v) is 4.56. The minimum atomic E-state index is 0.0170. The van der Waals surface area contributed by atoms with Crippen molar-refractivity contribution in [3.8, 4) is 5.75 Å². The Morgan fingerprint density at radius 3 is 2.71 bits per heavy atom. The Hall–Kier alpha value is -1.22. The molecule has 3 nitrogen and oxygen atoms in total. The molecule has 2 atom stereocenters. The molecule has 2 N–H and O–H groups in total. The molecule has 0 saturated heterocycles. The molecule has 2 unspecified atom stereocenters. The van der Waals surface area contributed by atoms with Crippen molar-refractivity contribution in [1.82, 2.24) is 0 Å². The number of aliphatic hydroxyl groups is 1. The summed E-state index contributed by atoms with van der Waals surface area (Å²) in [5.41, 5.74) is 1.96. The summed E-state index contributed by atoms with van der Waals surface area (Å²) in [6.45, 7) is 7.24. The van der Waals surface area contributed by atoms with E-state index in [-0.39, 0.29) is 6.61 Å². The highest BCUT2D eigenvalue weighted by molar-refractivity contribution is 5.51. The lowest BCUT2D eigenvalue weighted by Crippen LogP contribution is -2.35. The molecule has 0 heterocycles. The van der Waals surface area contributed by atoms with Crippen LogP contribution in [-0.4, -0.2) is 17.8 Å². The second kappa shape index (κ2) is 7.69. The van der Waals surface area contributed by atoms with Gasteiger partial charge in [-0.15, -0.1) is 0 Å². The van der Waals surface area contributed by atoms with Crippen LogP contribution in [0.1, 0.15) is 52.0 Å². The van der Waals surface area contributed by atoms with E-state index < -0.39 is 0 Å². The molecule has 3 heteroatoms. The van der Waals surface area contributed by atoms with Gasteiger partial charge in [-0.1, -0.05) is 26.7 Å². The maximum atomic E-state index is 9.51. The van der Waals surface area contributed by atoms with E-state index in [1.54, 1.807) is 0 Å². The second-order valence-corrected chi connectivity index (χ2v) is 6.36. The summed E-state index contributed by atoms with van der Waals surface area (Å²) in [7, 11) is 0. The van der Waals surface area contributed by atoms with E-state index in [4.69, 9.17) is 4.74 Å². The highest BCUT2D eigenvalue weighted by Crippen LogP contribution is 2.33. The molecule has 1 aliphatic rings. The van der Waals surface area contributed by atoms with Crippen LogP contribution in [0.2, 0.25) is 0 Å². The predicted molar refractivity (Wildman–Crippen MR) is 87.7 cm³/mol. The lowest BCUT2D eigenvalue weighted by Gasteiger charge is -2.35. The van der Waals surface area contributed by atoms with Gasteiger partial charge in [-0.25, -0.2) is 0 Å². The van der Waals surface area contributed by atoms with Crippen molar-refractivity contribution in [2.24, 2.45) is 11.8 Å². The van der Waals surface area contributed by atoms with Gasteiger partial charge in [-0.3, -0.25) is 0 Å². The normalized spacial score (nSPS) is 22.3. The van der Waals surface area contributed by atoms with Gasteiger partial charge in [0, 0.05) is 17.3 Å². The van der Waals surface area contributed by atoms with Crippen LogP contribution < -0.4 is 10.1 Å². The summed E-state index contributed by atoms with van der Waals surface area (Å²) in [4.78, 5) is 0. The molecule has 1 aromatic rings. The molecule has 0 radical (unpaired) electrons. The first-order valence-corrected chi connectivity index (χ1v) is 8.28. The number of ether oxygens (including phenoxy) is 1. The van der Waals surface area contributed by atoms with Crippen LogP contribution in [-0.2, 0) is 6.61 Å². The Morgan fingerprint density at radius 1 is 1.29 bits per heavy atom. The lowest BCUT2D eigenvalue weighted by atomic mass is 9.78. The van der Waals surface area contributed by atoms with Gasteiger partial charge in [0.05, 0.1) is 13.2 Å². The molecular formula is C18H29NO2. The second-order valence-electron chi connectivity index (χ2n) is 6.36. The van der Waals surface area contributed by atoms with Crippen molar-refractivity contribution in [2.45, 2.75) is 59.1 Å². The van der Waals surface area contributed by atoms with Gasteiger partial charge >= 0.3 is 0 Å². The van der Waals surface area contributed by atoms with Crippen LogP contribution >= 0.6 is 0 Å². The molecule has 0 aromatic heterocycles. The molecule has 0 amide bonds. The fourth-order valence-electron chi connectivity index (χ4n) is 3.44. The number of aliphatic hydroxyl groups excluding tert-OH is 1. The van der Waals surface area contributed by atoms with Gasteiger partial charge < -0.3 is 15.2 Å². The monoisotopic (exact) mass is 291 g/mol. The zero-order valence-corrected chi connectivity index (χ0v) is 13.6. The average molecular weight is 291 g/mol. The zero-order chi connectivity index (χ0) is 15.2. The van der Waals surface area contributed by atoms with Gasteiger partial charge in [0.1, 0.15) is 5.75 Å². The third kappa shape index (κ3) is 4.13. The Bertz CT molecular complexity index is 445. The number of hydrogen-bond donors (Lipinski definition) is 2. The number of hydrogen-bond acceptors (Lipinski definition) is 3. The summed E-state index contributed by atoms with van der Waals surface area (Å²) in [5.74, 6) is 2.24. The van der Waals surface area contributed by atoms with Crippen molar-refractivity contribution in [3.05, 3.63) is 23.8 Å². The molecule has 1 aromatic carbocycles. The van der Waals surface area contributed by atoms with Crippen LogP contribution in [0.3, 0.4) is 0 Å². The first kappa shape index (κ1) is 16.2. The molecule has 118 valence electrons. The fraction of sp³-hybridized carbons (Fsp3) is 0.667. The van der Waals surface area contributed by atoms with Crippen LogP contribution in [0.15, 0.2) is 18.2 Å². The molecule has 0 aliphatic heterocycles. The topological polar surface area (TPSA) is 41.5 Å². The summed E-state index contributed by atoms with van der Waals surface area (Å²) in [5, 5.41) is 13.2. The Labute approximate surface area is 128 Å². The smallest absolute Gasteiger partial charge is 0.124 e. The summed E-state index contributed by atoms with van der Waals surface area (Å²) in [6.07, 6.45) is 5.22. The van der Waals surface area contributed by atoms with E-state index in [2.05, 4.69) is 25.2 Å². The van der Waals surface area contributed by atoms with Crippen LogP contribution in [0.5, 0.6) is 5.75 Å². The van der Waals surface area contributed by atoms with E-state index in [0.29, 0.717) is 18.6 Å². The molecular weight excluding hydrogens is 262 g/mol. The Kier molecular flexibility index (Phi) is 5.92. The highest BCUT2D eigenvalue weighted by atomic mass is 16.5. The van der Waals surface area contributed by atoms with E-state index in [9.17, 15) is 5.11 Å². The van der Waals surface area contributed by atoms with E-state index in [0.717, 1.165) is 22.9 Å². The van der Waals surface area contributed by atoms with Crippen LogP contribution in [0.4, 0.5) is 5.69 Å². The minimum Gasteiger partial charge on any atom is -0.494 e. The standard InChI is InChI=1S/C18H29NO2/c1-4-21-18-10-9-15(11-14(18)12-20)19-17-8-6-5-7-16(17)13(2)3/h9-11,13,16-17,19-20H,4-8,12H2,1-3H3. The van der Waals surface area contributed by atoms with Gasteiger partial charge in [0.15, 0.2) is 0 Å². The third-order valence-electron chi connectivity index (χ3n) is 4.56. The maximum absolute atomic E-state index is 9.51. The van der Waals surface area contributed by atoms with Crippen molar-refractivity contribution < 1.29 is 9.84 Å². The largest absolute Gasteiger partial charge is 0.494 e. The van der Waals surface area contributed by atoms with Crippen molar-refractivity contribution in [2.75, 3.05) is 11.9 Å². The molecule has 2 rings (SSSR count). The quantitative estimate of drug-likeness (QED) is 0.825. The zero-order valence-electron chi connectivity index (χ0n) is 13.6. The number of benzene rings is 1. The summed E-state index contributed by atoms with van der Waals surface area (Å²) >= 11 is 0. The lowest BCUT2D eigenvalue weighted by molar-refractivity contribution is 0.253. The van der Waals surface area contributed by atoms with Crippen LogP contribution in [0.25, 0.3) is 0 Å². The molecule has 0 spiro atoms. The molecule has 21 heavy (non-hydrogen) atoms. The van der Waals surface area contributed by atoms with Crippen molar-refractivity contribution in [3.63, 3.8) is 0 Å². The molecule has 1 fully saturated rings. The first-order chi connectivity index (χ1) is 10.2. The Balaban J connectivity index is 2.10. The fourth-order valence-corrected chi connectivity index (χ4v) is 3.44. The van der Waals surface area contributed by atoms with E-state index >= 15 is 0 Å². The Morgan fingerprint density at radius 2 is 2.05 bits per heavy atom. The molecule has 0 bridgehead atoms. The number of rotatable bonds is 6. The summed E-state index contributed by atoms with van der Waals surface area (Å²) < 4.78 is 5.54.